The van der Waals surface area contributed by atoms with Gasteiger partial charge in [-0.1, -0.05) is 24.8 Å². The van der Waals surface area contributed by atoms with Crippen molar-refractivity contribution in [3.8, 4) is 0 Å². The van der Waals surface area contributed by atoms with E-state index in [4.69, 9.17) is 4.74 Å². The van der Waals surface area contributed by atoms with Crippen molar-refractivity contribution in [1.82, 2.24) is 5.32 Å². The summed E-state index contributed by atoms with van der Waals surface area (Å²) in [5, 5.41) is 12.8. The third-order valence-electron chi connectivity index (χ3n) is 2.53. The Morgan fingerprint density at radius 3 is 2.38 bits per heavy atom. The van der Waals surface area contributed by atoms with Crippen molar-refractivity contribution in [3.05, 3.63) is 60.6 Å². The molecular formula is C17H25NO3. The molecule has 1 amide bonds. The molecule has 0 radical (unpaired) electrons. The van der Waals surface area contributed by atoms with Gasteiger partial charge in [0, 0.05) is 5.70 Å². The highest BCUT2D eigenvalue weighted by molar-refractivity contribution is 5.86. The molecule has 0 aliphatic rings. The van der Waals surface area contributed by atoms with Crippen LogP contribution in [0.5, 0.6) is 0 Å². The second kappa shape index (κ2) is 9.77. The van der Waals surface area contributed by atoms with Gasteiger partial charge in [-0.2, -0.15) is 0 Å². The van der Waals surface area contributed by atoms with Crippen LogP contribution in [0.3, 0.4) is 0 Å². The van der Waals surface area contributed by atoms with Gasteiger partial charge in [-0.15, -0.1) is 0 Å². The monoisotopic (exact) mass is 291 g/mol. The molecular weight excluding hydrogens is 266 g/mol. The second-order valence-corrected chi connectivity index (χ2v) is 4.57. The fourth-order valence-corrected chi connectivity index (χ4v) is 1.39. The van der Waals surface area contributed by atoms with E-state index in [-0.39, 0.29) is 6.61 Å². The molecule has 4 nitrogen and oxygen atoms in total. The van der Waals surface area contributed by atoms with Gasteiger partial charge in [0.05, 0.1) is 0 Å². The molecule has 116 valence electrons. The number of nitrogens with one attached hydrogen (secondary N) is 1. The molecule has 0 aromatic carbocycles. The summed E-state index contributed by atoms with van der Waals surface area (Å²) in [6.07, 6.45) is 12.0. The highest BCUT2D eigenvalue weighted by Crippen LogP contribution is 2.10. The van der Waals surface area contributed by atoms with E-state index in [1.807, 2.05) is 26.8 Å². The van der Waals surface area contributed by atoms with Gasteiger partial charge in [-0.05, 0) is 52.0 Å². The van der Waals surface area contributed by atoms with Crippen molar-refractivity contribution >= 4 is 5.91 Å². The van der Waals surface area contributed by atoms with Crippen molar-refractivity contribution in [2.75, 3.05) is 6.61 Å². The maximum absolute atomic E-state index is 12.1. The first-order chi connectivity index (χ1) is 9.91. The molecule has 2 N–H and O–H groups in total. The summed E-state index contributed by atoms with van der Waals surface area (Å²) in [5.74, 6) is 0.0607. The number of ether oxygens (including phenoxy) is 1. The summed E-state index contributed by atoms with van der Waals surface area (Å²) >= 11 is 0. The molecule has 0 aliphatic heterocycles. The third-order valence-corrected chi connectivity index (χ3v) is 2.53. The second-order valence-electron chi connectivity index (χ2n) is 4.57. The van der Waals surface area contributed by atoms with Crippen LogP contribution < -0.4 is 5.32 Å². The molecule has 0 aliphatic carbocycles. The molecule has 0 unspecified atom stereocenters. The molecule has 0 spiro atoms. The topological polar surface area (TPSA) is 58.6 Å². The lowest BCUT2D eigenvalue weighted by Gasteiger charge is -2.23. The van der Waals surface area contributed by atoms with Gasteiger partial charge in [0.15, 0.2) is 5.60 Å². The summed E-state index contributed by atoms with van der Waals surface area (Å²) in [6, 6.07) is 0. The SMILES string of the molecule is C=C/C=C(\C=C/C)NC(=O)[C@@](C)(O)COC(/C=C\C)=C/C. The van der Waals surface area contributed by atoms with Crippen LogP contribution in [0.1, 0.15) is 27.7 Å². The molecule has 0 aromatic heterocycles. The van der Waals surface area contributed by atoms with Gasteiger partial charge in [-0.3, -0.25) is 4.79 Å². The normalized spacial score (nSPS) is 16.0. The maximum atomic E-state index is 12.1. The van der Waals surface area contributed by atoms with Crippen LogP contribution in [0.2, 0.25) is 0 Å². The number of amides is 1. The average Bonchev–Trinajstić information content (AvgIpc) is 2.43. The zero-order valence-corrected chi connectivity index (χ0v) is 13.2. The fourth-order valence-electron chi connectivity index (χ4n) is 1.39. The van der Waals surface area contributed by atoms with Crippen molar-refractivity contribution in [1.29, 1.82) is 0 Å². The van der Waals surface area contributed by atoms with Gasteiger partial charge in [0.2, 0.25) is 0 Å². The van der Waals surface area contributed by atoms with Crippen LogP contribution in [0.25, 0.3) is 0 Å². The van der Waals surface area contributed by atoms with Crippen LogP contribution in [-0.2, 0) is 9.53 Å². The highest BCUT2D eigenvalue weighted by atomic mass is 16.5. The number of carbonyl (C=O) groups is 1. The van der Waals surface area contributed by atoms with Crippen molar-refractivity contribution in [3.63, 3.8) is 0 Å². The van der Waals surface area contributed by atoms with Crippen LogP contribution >= 0.6 is 0 Å². The lowest BCUT2D eigenvalue weighted by Crippen LogP contribution is -2.47. The Labute approximate surface area is 127 Å². The van der Waals surface area contributed by atoms with E-state index in [1.165, 1.54) is 6.92 Å². The number of allylic oxidation sites excluding steroid dienone is 7. The van der Waals surface area contributed by atoms with E-state index < -0.39 is 11.5 Å². The first-order valence-electron chi connectivity index (χ1n) is 6.82. The molecule has 0 saturated carbocycles. The Bertz CT molecular complexity index is 468. The zero-order valence-electron chi connectivity index (χ0n) is 13.2. The van der Waals surface area contributed by atoms with Crippen LogP contribution in [0.4, 0.5) is 0 Å². The van der Waals surface area contributed by atoms with Crippen molar-refractivity contribution in [2.24, 2.45) is 0 Å². The molecule has 4 heteroatoms. The van der Waals surface area contributed by atoms with E-state index in [1.54, 1.807) is 36.5 Å². The average molecular weight is 291 g/mol. The van der Waals surface area contributed by atoms with Crippen LogP contribution in [-0.4, -0.2) is 23.2 Å². The van der Waals surface area contributed by atoms with Crippen LogP contribution in [0, 0.1) is 0 Å². The summed E-state index contributed by atoms with van der Waals surface area (Å²) < 4.78 is 5.42. The quantitative estimate of drug-likeness (QED) is 0.534. The molecule has 21 heavy (non-hydrogen) atoms. The van der Waals surface area contributed by atoms with E-state index in [0.29, 0.717) is 11.5 Å². The largest absolute Gasteiger partial charge is 0.490 e. The number of hydrogen-bond donors (Lipinski definition) is 2. The van der Waals surface area contributed by atoms with Crippen LogP contribution in [0.15, 0.2) is 60.6 Å². The van der Waals surface area contributed by atoms with Crippen molar-refractivity contribution < 1.29 is 14.6 Å². The van der Waals surface area contributed by atoms with E-state index in [9.17, 15) is 9.90 Å². The molecule has 0 bridgehead atoms. The number of hydrogen-bond acceptors (Lipinski definition) is 3. The highest BCUT2D eigenvalue weighted by Gasteiger charge is 2.31. The van der Waals surface area contributed by atoms with E-state index in [0.717, 1.165) is 0 Å². The van der Waals surface area contributed by atoms with Gasteiger partial charge in [0.1, 0.15) is 12.4 Å². The first kappa shape index (κ1) is 18.9. The number of rotatable bonds is 8. The van der Waals surface area contributed by atoms with Gasteiger partial charge in [-0.25, -0.2) is 0 Å². The first-order valence-corrected chi connectivity index (χ1v) is 6.82. The lowest BCUT2D eigenvalue weighted by molar-refractivity contribution is -0.141. The Morgan fingerprint density at radius 1 is 1.29 bits per heavy atom. The molecule has 0 aromatic rings. The summed E-state index contributed by atoms with van der Waals surface area (Å²) in [4.78, 5) is 12.1. The smallest absolute Gasteiger partial charge is 0.259 e. The Kier molecular flexibility index (Phi) is 8.81. The van der Waals surface area contributed by atoms with Gasteiger partial charge in [0.25, 0.3) is 5.91 Å². The van der Waals surface area contributed by atoms with Gasteiger partial charge < -0.3 is 15.2 Å². The summed E-state index contributed by atoms with van der Waals surface area (Å²) in [7, 11) is 0. The molecule has 0 saturated heterocycles. The predicted octanol–water partition coefficient (Wildman–Crippen LogP) is 3.00. The minimum Gasteiger partial charge on any atom is -0.490 e. The van der Waals surface area contributed by atoms with Gasteiger partial charge >= 0.3 is 0 Å². The molecule has 0 heterocycles. The lowest BCUT2D eigenvalue weighted by atomic mass is 10.1. The minimum absolute atomic E-state index is 0.139. The molecule has 0 fully saturated rings. The van der Waals surface area contributed by atoms with E-state index >= 15 is 0 Å². The summed E-state index contributed by atoms with van der Waals surface area (Å²) in [6.45, 7) is 10.4. The molecule has 0 rings (SSSR count). The van der Waals surface area contributed by atoms with E-state index in [2.05, 4.69) is 11.9 Å². The third kappa shape index (κ3) is 7.32. The predicted molar refractivity (Wildman–Crippen MR) is 86.4 cm³/mol. The van der Waals surface area contributed by atoms with Crippen molar-refractivity contribution in [2.45, 2.75) is 33.3 Å². The number of aliphatic hydroxyl groups is 1. The Hall–Kier alpha value is -2.07. The zero-order chi connectivity index (χ0) is 16.3. The minimum atomic E-state index is -1.64. The maximum Gasteiger partial charge on any atom is 0.259 e. The Morgan fingerprint density at radius 2 is 1.90 bits per heavy atom. The Balaban J connectivity index is 4.79. The number of carbonyl (C=O) groups excluding carboxylic acids is 1. The molecule has 1 atom stereocenters. The fraction of sp³-hybridized carbons (Fsp3) is 0.353. The summed E-state index contributed by atoms with van der Waals surface area (Å²) in [5.41, 5.74) is -1.09. The standard InChI is InChI=1S/C17H25NO3/c1-6-10-14(11-7-2)18-16(19)17(5,20)13-21-15(9-4)12-8-3/h6-12,20H,1,13H2,2-5H3,(H,18,19)/b11-7-,12-8-,14-10+,15-9+/t17-/m0/s1.